The van der Waals surface area contributed by atoms with Crippen molar-refractivity contribution in [2.45, 2.75) is 46.1 Å². The molecule has 0 heterocycles. The van der Waals surface area contributed by atoms with Crippen molar-refractivity contribution >= 4 is 5.97 Å². The molecule has 0 radical (unpaired) electrons. The second-order valence-electron chi connectivity index (χ2n) is 3.90. The van der Waals surface area contributed by atoms with E-state index in [-0.39, 0.29) is 0 Å². The van der Waals surface area contributed by atoms with E-state index in [1.54, 1.807) is 6.92 Å². The van der Waals surface area contributed by atoms with E-state index in [9.17, 15) is 4.79 Å². The first-order chi connectivity index (χ1) is 6.04. The molecule has 3 nitrogen and oxygen atoms in total. The van der Waals surface area contributed by atoms with E-state index in [4.69, 9.17) is 5.11 Å². The van der Waals surface area contributed by atoms with E-state index in [2.05, 4.69) is 19.2 Å². The number of aliphatic carboxylic acids is 1. The molecule has 0 aromatic heterocycles. The van der Waals surface area contributed by atoms with Crippen LogP contribution in [0.5, 0.6) is 0 Å². The minimum atomic E-state index is -0.774. The van der Waals surface area contributed by atoms with Gasteiger partial charge in [0.05, 0.1) is 0 Å². The molecule has 0 amide bonds. The number of nitrogens with one attached hydrogen (secondary N) is 1. The van der Waals surface area contributed by atoms with Gasteiger partial charge >= 0.3 is 5.97 Å². The lowest BCUT2D eigenvalue weighted by molar-refractivity contribution is -0.138. The van der Waals surface area contributed by atoms with Gasteiger partial charge in [0.1, 0.15) is 6.04 Å². The quantitative estimate of drug-likeness (QED) is 0.598. The Balaban J connectivity index is 3.21. The molecule has 0 rings (SSSR count). The molecule has 0 aliphatic heterocycles. The Morgan fingerprint density at radius 1 is 1.31 bits per heavy atom. The summed E-state index contributed by atoms with van der Waals surface area (Å²) in [5, 5.41) is 11.5. The molecular formula is C10H21NO2. The van der Waals surface area contributed by atoms with Gasteiger partial charge in [-0.15, -0.1) is 0 Å². The largest absolute Gasteiger partial charge is 0.480 e. The fraction of sp³-hybridized carbons (Fsp3) is 0.900. The van der Waals surface area contributed by atoms with Gasteiger partial charge < -0.3 is 10.4 Å². The summed E-state index contributed by atoms with van der Waals surface area (Å²) in [6, 6.07) is -0.418. The van der Waals surface area contributed by atoms with Gasteiger partial charge in [0, 0.05) is 0 Å². The van der Waals surface area contributed by atoms with E-state index in [0.29, 0.717) is 0 Å². The summed E-state index contributed by atoms with van der Waals surface area (Å²) in [5.74, 6) is -0.0271. The molecule has 0 aliphatic carbocycles. The molecule has 3 heteroatoms. The van der Waals surface area contributed by atoms with Crippen LogP contribution in [0.2, 0.25) is 0 Å². The maximum atomic E-state index is 10.4. The number of hydrogen-bond donors (Lipinski definition) is 2. The lowest BCUT2D eigenvalue weighted by Gasteiger charge is -2.09. The van der Waals surface area contributed by atoms with Crippen LogP contribution in [0, 0.1) is 5.92 Å². The van der Waals surface area contributed by atoms with Gasteiger partial charge in [-0.25, -0.2) is 0 Å². The summed E-state index contributed by atoms with van der Waals surface area (Å²) < 4.78 is 0. The number of carboxylic acids is 1. The SMILES string of the molecule is CC(C)CCCCNC(C)C(=O)O. The average molecular weight is 187 g/mol. The van der Waals surface area contributed by atoms with Crippen LogP contribution in [0.4, 0.5) is 0 Å². The van der Waals surface area contributed by atoms with Crippen molar-refractivity contribution < 1.29 is 9.90 Å². The summed E-state index contributed by atoms with van der Waals surface area (Å²) in [7, 11) is 0. The number of carboxylic acid groups (broad SMARTS) is 1. The van der Waals surface area contributed by atoms with E-state index >= 15 is 0 Å². The third-order valence-electron chi connectivity index (χ3n) is 2.03. The van der Waals surface area contributed by atoms with E-state index in [0.717, 1.165) is 18.9 Å². The smallest absolute Gasteiger partial charge is 0.320 e. The van der Waals surface area contributed by atoms with Crippen LogP contribution >= 0.6 is 0 Å². The third kappa shape index (κ3) is 7.78. The molecule has 0 aliphatic rings. The molecule has 0 aromatic carbocycles. The second kappa shape index (κ2) is 6.89. The van der Waals surface area contributed by atoms with Gasteiger partial charge in [0.25, 0.3) is 0 Å². The normalized spacial score (nSPS) is 13.2. The van der Waals surface area contributed by atoms with E-state index in [1.165, 1.54) is 12.8 Å². The van der Waals surface area contributed by atoms with Crippen LogP contribution < -0.4 is 5.32 Å². The van der Waals surface area contributed by atoms with Crippen molar-refractivity contribution in [3.8, 4) is 0 Å². The molecule has 2 N–H and O–H groups in total. The van der Waals surface area contributed by atoms with Crippen molar-refractivity contribution in [3.63, 3.8) is 0 Å². The lowest BCUT2D eigenvalue weighted by Crippen LogP contribution is -2.34. The van der Waals surface area contributed by atoms with Gasteiger partial charge in [-0.2, -0.15) is 0 Å². The standard InChI is InChI=1S/C10H21NO2/c1-8(2)6-4-5-7-11-9(3)10(12)13/h8-9,11H,4-7H2,1-3H3,(H,12,13). The van der Waals surface area contributed by atoms with Crippen molar-refractivity contribution in [2.24, 2.45) is 5.92 Å². The Morgan fingerprint density at radius 2 is 1.92 bits per heavy atom. The molecule has 0 spiro atoms. The predicted molar refractivity (Wildman–Crippen MR) is 53.8 cm³/mol. The second-order valence-corrected chi connectivity index (χ2v) is 3.90. The summed E-state index contributed by atoms with van der Waals surface area (Å²) in [4.78, 5) is 10.4. The number of unbranched alkanes of at least 4 members (excludes halogenated alkanes) is 1. The van der Waals surface area contributed by atoms with Crippen LogP contribution in [-0.4, -0.2) is 23.7 Å². The minimum Gasteiger partial charge on any atom is -0.480 e. The van der Waals surface area contributed by atoms with Crippen molar-refractivity contribution in [3.05, 3.63) is 0 Å². The molecule has 0 bridgehead atoms. The first kappa shape index (κ1) is 12.4. The summed E-state index contributed by atoms with van der Waals surface area (Å²) >= 11 is 0. The number of rotatable bonds is 7. The topological polar surface area (TPSA) is 49.3 Å². The van der Waals surface area contributed by atoms with Crippen molar-refractivity contribution in [1.29, 1.82) is 0 Å². The predicted octanol–water partition coefficient (Wildman–Crippen LogP) is 1.88. The van der Waals surface area contributed by atoms with Gasteiger partial charge in [-0.3, -0.25) is 4.79 Å². The Kier molecular flexibility index (Phi) is 6.59. The molecule has 0 saturated heterocycles. The number of hydrogen-bond acceptors (Lipinski definition) is 2. The average Bonchev–Trinajstić information content (AvgIpc) is 2.02. The van der Waals surface area contributed by atoms with Crippen LogP contribution in [0.25, 0.3) is 0 Å². The Labute approximate surface area is 80.5 Å². The van der Waals surface area contributed by atoms with E-state index in [1.807, 2.05) is 0 Å². The van der Waals surface area contributed by atoms with Crippen molar-refractivity contribution in [1.82, 2.24) is 5.32 Å². The van der Waals surface area contributed by atoms with Crippen LogP contribution in [0.1, 0.15) is 40.0 Å². The zero-order valence-corrected chi connectivity index (χ0v) is 8.84. The van der Waals surface area contributed by atoms with Gasteiger partial charge in [-0.05, 0) is 25.8 Å². The monoisotopic (exact) mass is 187 g/mol. The number of carbonyl (C=O) groups is 1. The first-order valence-electron chi connectivity index (χ1n) is 5.00. The molecule has 0 aromatic rings. The Bertz CT molecular complexity index is 146. The molecule has 78 valence electrons. The van der Waals surface area contributed by atoms with E-state index < -0.39 is 12.0 Å². The molecule has 0 fully saturated rings. The molecule has 1 unspecified atom stereocenters. The Morgan fingerprint density at radius 3 is 2.38 bits per heavy atom. The highest BCUT2D eigenvalue weighted by atomic mass is 16.4. The lowest BCUT2D eigenvalue weighted by atomic mass is 10.1. The van der Waals surface area contributed by atoms with Gasteiger partial charge in [0.15, 0.2) is 0 Å². The zero-order chi connectivity index (χ0) is 10.3. The summed E-state index contributed by atoms with van der Waals surface area (Å²) in [6.45, 7) is 6.88. The van der Waals surface area contributed by atoms with Crippen molar-refractivity contribution in [2.75, 3.05) is 6.54 Å². The van der Waals surface area contributed by atoms with Crippen LogP contribution in [0.3, 0.4) is 0 Å². The summed E-state index contributed by atoms with van der Waals surface area (Å²) in [6.07, 6.45) is 3.47. The molecule has 0 saturated carbocycles. The molecule has 1 atom stereocenters. The van der Waals surface area contributed by atoms with Crippen LogP contribution in [0.15, 0.2) is 0 Å². The molecular weight excluding hydrogens is 166 g/mol. The summed E-state index contributed by atoms with van der Waals surface area (Å²) in [5.41, 5.74) is 0. The highest BCUT2D eigenvalue weighted by Gasteiger charge is 2.07. The molecule has 13 heavy (non-hydrogen) atoms. The van der Waals surface area contributed by atoms with Gasteiger partial charge in [-0.1, -0.05) is 26.7 Å². The fourth-order valence-electron chi connectivity index (χ4n) is 1.08. The third-order valence-corrected chi connectivity index (χ3v) is 2.03. The minimum absolute atomic E-state index is 0.418. The Hall–Kier alpha value is -0.570. The maximum absolute atomic E-state index is 10.4. The maximum Gasteiger partial charge on any atom is 0.320 e. The fourth-order valence-corrected chi connectivity index (χ4v) is 1.08. The zero-order valence-electron chi connectivity index (χ0n) is 8.84. The highest BCUT2D eigenvalue weighted by Crippen LogP contribution is 2.05. The van der Waals surface area contributed by atoms with Crippen LogP contribution in [-0.2, 0) is 4.79 Å². The first-order valence-corrected chi connectivity index (χ1v) is 5.00. The van der Waals surface area contributed by atoms with Gasteiger partial charge in [0.2, 0.25) is 0 Å². The highest BCUT2D eigenvalue weighted by molar-refractivity contribution is 5.72.